The molecule has 0 atom stereocenters. The minimum Gasteiger partial charge on any atom is -0.444 e. The number of aromatic nitrogens is 2. The molecule has 6 nitrogen and oxygen atoms in total. The molecule has 2 rings (SSSR count). The van der Waals surface area contributed by atoms with Crippen molar-refractivity contribution in [2.45, 2.75) is 45.9 Å². The molecule has 0 spiro atoms. The first kappa shape index (κ1) is 19.3. The molecule has 1 saturated heterocycles. The van der Waals surface area contributed by atoms with Crippen molar-refractivity contribution in [2.75, 3.05) is 31.1 Å². The van der Waals surface area contributed by atoms with E-state index in [0.29, 0.717) is 32.6 Å². The monoisotopic (exact) mass is 360 g/mol. The number of anilines is 1. The lowest BCUT2D eigenvalue weighted by Gasteiger charge is -2.26. The van der Waals surface area contributed by atoms with Crippen molar-refractivity contribution in [3.8, 4) is 0 Å². The van der Waals surface area contributed by atoms with Gasteiger partial charge in [0.15, 0.2) is 0 Å². The average molecular weight is 360 g/mol. The van der Waals surface area contributed by atoms with Crippen LogP contribution in [0.15, 0.2) is 6.07 Å². The topological polar surface area (TPSA) is 58.6 Å². The molecule has 0 radical (unpaired) electrons. The van der Waals surface area contributed by atoms with Gasteiger partial charge in [-0.25, -0.2) is 14.8 Å². The molecule has 2 heterocycles. The minimum atomic E-state index is -4.52. The van der Waals surface area contributed by atoms with Crippen LogP contribution in [0.4, 0.5) is 23.8 Å². The number of carbonyl (C=O) groups excluding carboxylic acids is 1. The van der Waals surface area contributed by atoms with Gasteiger partial charge in [0.05, 0.1) is 0 Å². The van der Waals surface area contributed by atoms with Crippen molar-refractivity contribution in [1.29, 1.82) is 0 Å². The number of rotatable bonds is 1. The maximum atomic E-state index is 12.9. The van der Waals surface area contributed by atoms with Gasteiger partial charge in [0.1, 0.15) is 22.9 Å². The summed E-state index contributed by atoms with van der Waals surface area (Å²) in [5.74, 6) is 0.295. The number of hydrogen-bond acceptors (Lipinski definition) is 5. The van der Waals surface area contributed by atoms with E-state index in [1.54, 1.807) is 30.6 Å². The summed E-state index contributed by atoms with van der Waals surface area (Å²) < 4.78 is 44.2. The number of nitrogens with zero attached hydrogens (tertiary/aromatic N) is 4. The number of alkyl halides is 3. The third-order valence-electron chi connectivity index (χ3n) is 3.59. The molecule has 25 heavy (non-hydrogen) atoms. The Hall–Kier alpha value is -2.06. The fraction of sp³-hybridized carbons (Fsp3) is 0.688. The first-order valence-electron chi connectivity index (χ1n) is 8.11. The second-order valence-corrected chi connectivity index (χ2v) is 6.96. The van der Waals surface area contributed by atoms with E-state index in [4.69, 9.17) is 4.74 Å². The molecule has 1 fully saturated rings. The van der Waals surface area contributed by atoms with Crippen LogP contribution < -0.4 is 4.90 Å². The summed E-state index contributed by atoms with van der Waals surface area (Å²) in [7, 11) is 0. The van der Waals surface area contributed by atoms with Gasteiger partial charge >= 0.3 is 12.3 Å². The van der Waals surface area contributed by atoms with Gasteiger partial charge in [0.2, 0.25) is 0 Å². The van der Waals surface area contributed by atoms with Crippen molar-refractivity contribution in [2.24, 2.45) is 0 Å². The Balaban J connectivity index is 2.11. The van der Waals surface area contributed by atoms with E-state index in [2.05, 4.69) is 9.97 Å². The molecule has 1 aliphatic rings. The number of carbonyl (C=O) groups is 1. The standard InChI is InChI=1S/C16H23F3N4O2/c1-11-20-12(16(17,18)19)10-13(21-11)22-6-5-7-23(9-8-22)14(24)25-15(2,3)4/h10H,5-9H2,1-4H3. The summed E-state index contributed by atoms with van der Waals surface area (Å²) in [6.07, 6.45) is -4.32. The molecule has 0 saturated carbocycles. The summed E-state index contributed by atoms with van der Waals surface area (Å²) in [6, 6.07) is 0.954. The predicted molar refractivity (Wildman–Crippen MR) is 86.4 cm³/mol. The van der Waals surface area contributed by atoms with Crippen molar-refractivity contribution in [1.82, 2.24) is 14.9 Å². The third-order valence-corrected chi connectivity index (χ3v) is 3.59. The molecule has 0 bridgehead atoms. The Labute approximate surface area is 145 Å². The van der Waals surface area contributed by atoms with Crippen molar-refractivity contribution >= 4 is 11.9 Å². The van der Waals surface area contributed by atoms with Crippen molar-refractivity contribution in [3.63, 3.8) is 0 Å². The van der Waals surface area contributed by atoms with Crippen LogP contribution in [0.2, 0.25) is 0 Å². The van der Waals surface area contributed by atoms with Gasteiger partial charge < -0.3 is 14.5 Å². The lowest BCUT2D eigenvalue weighted by atomic mass is 10.2. The van der Waals surface area contributed by atoms with E-state index in [9.17, 15) is 18.0 Å². The maximum absolute atomic E-state index is 12.9. The number of amides is 1. The van der Waals surface area contributed by atoms with Gasteiger partial charge in [-0.1, -0.05) is 0 Å². The Morgan fingerprint density at radius 3 is 2.40 bits per heavy atom. The quantitative estimate of drug-likeness (QED) is 0.769. The van der Waals surface area contributed by atoms with Gasteiger partial charge in [0, 0.05) is 32.2 Å². The largest absolute Gasteiger partial charge is 0.444 e. The Morgan fingerprint density at radius 1 is 1.12 bits per heavy atom. The summed E-state index contributed by atoms with van der Waals surface area (Å²) >= 11 is 0. The summed E-state index contributed by atoms with van der Waals surface area (Å²) in [6.45, 7) is 8.54. The van der Waals surface area contributed by atoms with Crippen LogP contribution in [0.1, 0.15) is 38.7 Å². The van der Waals surface area contributed by atoms with Crippen LogP contribution in [0.25, 0.3) is 0 Å². The molecule has 1 aromatic rings. The Bertz CT molecular complexity index is 629. The van der Waals surface area contributed by atoms with E-state index in [1.165, 1.54) is 6.92 Å². The van der Waals surface area contributed by atoms with Crippen LogP contribution in [0, 0.1) is 6.92 Å². The zero-order chi connectivity index (χ0) is 18.8. The Kier molecular flexibility index (Phi) is 5.43. The summed E-state index contributed by atoms with van der Waals surface area (Å²) in [4.78, 5) is 23.1. The minimum absolute atomic E-state index is 0.0677. The number of halogens is 3. The number of aryl methyl sites for hydroxylation is 1. The molecule has 0 aromatic carbocycles. The van der Waals surface area contributed by atoms with Gasteiger partial charge in [-0.05, 0) is 34.1 Å². The van der Waals surface area contributed by atoms with Crippen LogP contribution in [-0.4, -0.2) is 52.7 Å². The van der Waals surface area contributed by atoms with E-state index in [-0.39, 0.29) is 11.6 Å². The number of hydrogen-bond donors (Lipinski definition) is 0. The lowest BCUT2D eigenvalue weighted by Crippen LogP contribution is -2.39. The Morgan fingerprint density at radius 2 is 1.80 bits per heavy atom. The molecule has 1 amide bonds. The first-order chi connectivity index (χ1) is 11.5. The van der Waals surface area contributed by atoms with E-state index < -0.39 is 23.6 Å². The summed E-state index contributed by atoms with van der Waals surface area (Å²) in [5, 5.41) is 0. The second kappa shape index (κ2) is 7.05. The first-order valence-corrected chi connectivity index (χ1v) is 8.11. The lowest BCUT2D eigenvalue weighted by molar-refractivity contribution is -0.141. The molecule has 0 N–H and O–H groups in total. The summed E-state index contributed by atoms with van der Waals surface area (Å²) in [5.41, 5.74) is -1.54. The van der Waals surface area contributed by atoms with E-state index in [1.807, 2.05) is 0 Å². The van der Waals surface area contributed by atoms with Gasteiger partial charge in [0.25, 0.3) is 0 Å². The van der Waals surface area contributed by atoms with Crippen LogP contribution in [0.5, 0.6) is 0 Å². The highest BCUT2D eigenvalue weighted by Crippen LogP contribution is 2.30. The van der Waals surface area contributed by atoms with Gasteiger partial charge in [-0.2, -0.15) is 13.2 Å². The molecular weight excluding hydrogens is 337 g/mol. The predicted octanol–water partition coefficient (Wildman–Crippen LogP) is 3.25. The molecule has 1 aromatic heterocycles. The molecule has 9 heteroatoms. The van der Waals surface area contributed by atoms with Crippen LogP contribution >= 0.6 is 0 Å². The third kappa shape index (κ3) is 5.47. The van der Waals surface area contributed by atoms with E-state index >= 15 is 0 Å². The highest BCUT2D eigenvalue weighted by molar-refractivity contribution is 5.68. The van der Waals surface area contributed by atoms with Crippen LogP contribution in [-0.2, 0) is 10.9 Å². The second-order valence-electron chi connectivity index (χ2n) is 6.96. The van der Waals surface area contributed by atoms with Gasteiger partial charge in [-0.15, -0.1) is 0 Å². The molecular formula is C16H23F3N4O2. The molecule has 140 valence electrons. The fourth-order valence-electron chi connectivity index (χ4n) is 2.51. The smallest absolute Gasteiger partial charge is 0.433 e. The van der Waals surface area contributed by atoms with Gasteiger partial charge in [-0.3, -0.25) is 0 Å². The van der Waals surface area contributed by atoms with E-state index in [0.717, 1.165) is 6.07 Å². The molecule has 0 aliphatic carbocycles. The van der Waals surface area contributed by atoms with Crippen molar-refractivity contribution in [3.05, 3.63) is 17.6 Å². The molecule has 0 unspecified atom stereocenters. The maximum Gasteiger partial charge on any atom is 0.433 e. The highest BCUT2D eigenvalue weighted by atomic mass is 19.4. The number of ether oxygens (including phenoxy) is 1. The highest BCUT2D eigenvalue weighted by Gasteiger charge is 2.34. The average Bonchev–Trinajstić information content (AvgIpc) is 2.69. The fourth-order valence-corrected chi connectivity index (χ4v) is 2.51. The zero-order valence-corrected chi connectivity index (χ0v) is 14.9. The van der Waals surface area contributed by atoms with Crippen LogP contribution in [0.3, 0.4) is 0 Å². The zero-order valence-electron chi connectivity index (χ0n) is 14.9. The van der Waals surface area contributed by atoms with Crippen molar-refractivity contribution < 1.29 is 22.7 Å². The normalized spacial score (nSPS) is 16.6. The molecule has 1 aliphatic heterocycles. The SMILES string of the molecule is Cc1nc(N2CCCN(C(=O)OC(C)(C)C)CC2)cc(C(F)(F)F)n1.